The molecule has 110 valence electrons. The Bertz CT molecular complexity index is 426. The van der Waals surface area contributed by atoms with Crippen LogP contribution in [0.1, 0.15) is 17.9 Å². The fourth-order valence-electron chi connectivity index (χ4n) is 2.98. The van der Waals surface area contributed by atoms with E-state index >= 15 is 0 Å². The van der Waals surface area contributed by atoms with Crippen molar-refractivity contribution in [3.05, 3.63) is 34.3 Å². The van der Waals surface area contributed by atoms with Gasteiger partial charge in [0.25, 0.3) is 0 Å². The number of rotatable bonds is 5. The molecular weight excluding hydrogens is 314 g/mol. The van der Waals surface area contributed by atoms with Gasteiger partial charge in [0.05, 0.1) is 0 Å². The van der Waals surface area contributed by atoms with E-state index in [0.29, 0.717) is 6.04 Å². The van der Waals surface area contributed by atoms with Crippen LogP contribution in [0.4, 0.5) is 0 Å². The summed E-state index contributed by atoms with van der Waals surface area (Å²) in [6.07, 6.45) is 1.30. The number of hydrogen-bond acceptors (Lipinski definition) is 3. The third kappa shape index (κ3) is 3.82. The first-order valence-electron chi connectivity index (χ1n) is 7.62. The summed E-state index contributed by atoms with van der Waals surface area (Å²) in [4.78, 5) is 4.98. The maximum Gasteiger partial charge on any atom is 0.0175 e. The molecule has 0 aromatic heterocycles. The van der Waals surface area contributed by atoms with Crippen molar-refractivity contribution in [1.82, 2.24) is 15.1 Å². The molecule has 0 bridgehead atoms. The molecule has 0 radical (unpaired) electrons. The fourth-order valence-corrected chi connectivity index (χ4v) is 3.24. The van der Waals surface area contributed by atoms with E-state index in [4.69, 9.17) is 0 Å². The minimum atomic E-state index is 0.698. The van der Waals surface area contributed by atoms with Crippen LogP contribution in [-0.4, -0.2) is 62.2 Å². The Labute approximate surface area is 130 Å². The molecule has 1 aliphatic heterocycles. The molecule has 1 aliphatic carbocycles. The smallest absolute Gasteiger partial charge is 0.0175 e. The van der Waals surface area contributed by atoms with Crippen LogP contribution in [-0.2, 0) is 0 Å². The standard InChI is InChI=1S/C16H24BrN3/c1-19-8-10-20(11-9-19)7-6-18-16-12-15(16)13-2-4-14(17)5-3-13/h2-5,15-16,18H,6-12H2,1H3/t15-,16+/m0/s1. The molecule has 3 rings (SSSR count). The molecule has 2 atom stereocenters. The van der Waals surface area contributed by atoms with Gasteiger partial charge in [0.1, 0.15) is 0 Å². The third-order valence-electron chi connectivity index (χ3n) is 4.52. The summed E-state index contributed by atoms with van der Waals surface area (Å²) in [7, 11) is 2.21. The Balaban J connectivity index is 1.35. The SMILES string of the molecule is CN1CCN(CCN[C@@H]2C[C@H]2c2ccc(Br)cc2)CC1. The number of likely N-dealkylation sites (N-methyl/N-ethyl adjacent to an activating group) is 1. The molecule has 2 fully saturated rings. The molecule has 1 saturated carbocycles. The first-order chi connectivity index (χ1) is 9.72. The van der Waals surface area contributed by atoms with Crippen LogP contribution in [0.3, 0.4) is 0 Å². The summed E-state index contributed by atoms with van der Waals surface area (Å²) >= 11 is 3.50. The summed E-state index contributed by atoms with van der Waals surface area (Å²) in [6.45, 7) is 7.19. The lowest BCUT2D eigenvalue weighted by atomic mass is 10.1. The van der Waals surface area contributed by atoms with Crippen LogP contribution in [0, 0.1) is 0 Å². The molecule has 0 unspecified atom stereocenters. The summed E-state index contributed by atoms with van der Waals surface area (Å²) < 4.78 is 1.17. The second-order valence-electron chi connectivity index (χ2n) is 6.10. The van der Waals surface area contributed by atoms with E-state index in [-0.39, 0.29) is 0 Å². The molecule has 1 N–H and O–H groups in total. The Hall–Kier alpha value is -0.420. The zero-order valence-electron chi connectivity index (χ0n) is 12.2. The minimum Gasteiger partial charge on any atom is -0.312 e. The van der Waals surface area contributed by atoms with Crippen molar-refractivity contribution in [1.29, 1.82) is 0 Å². The van der Waals surface area contributed by atoms with Crippen molar-refractivity contribution < 1.29 is 0 Å². The quantitative estimate of drug-likeness (QED) is 0.888. The van der Waals surface area contributed by atoms with Gasteiger partial charge in [0.2, 0.25) is 0 Å². The van der Waals surface area contributed by atoms with Gasteiger partial charge in [0, 0.05) is 55.7 Å². The highest BCUT2D eigenvalue weighted by molar-refractivity contribution is 9.10. The summed E-state index contributed by atoms with van der Waals surface area (Å²) in [5.74, 6) is 0.732. The van der Waals surface area contributed by atoms with Crippen LogP contribution in [0.25, 0.3) is 0 Å². The summed E-state index contributed by atoms with van der Waals surface area (Å²) in [6, 6.07) is 9.49. The molecule has 1 aromatic rings. The topological polar surface area (TPSA) is 18.5 Å². The highest BCUT2D eigenvalue weighted by Crippen LogP contribution is 2.40. The lowest BCUT2D eigenvalue weighted by Gasteiger charge is -2.32. The van der Waals surface area contributed by atoms with E-state index < -0.39 is 0 Å². The highest BCUT2D eigenvalue weighted by Gasteiger charge is 2.37. The van der Waals surface area contributed by atoms with E-state index in [9.17, 15) is 0 Å². The minimum absolute atomic E-state index is 0.698. The van der Waals surface area contributed by atoms with Crippen molar-refractivity contribution >= 4 is 15.9 Å². The van der Waals surface area contributed by atoms with Gasteiger partial charge in [-0.1, -0.05) is 28.1 Å². The average molecular weight is 338 g/mol. The van der Waals surface area contributed by atoms with E-state index in [0.717, 1.165) is 12.5 Å². The fraction of sp³-hybridized carbons (Fsp3) is 0.625. The van der Waals surface area contributed by atoms with E-state index in [1.807, 2.05) is 0 Å². The monoisotopic (exact) mass is 337 g/mol. The molecule has 0 amide bonds. The van der Waals surface area contributed by atoms with Crippen molar-refractivity contribution in [3.63, 3.8) is 0 Å². The van der Waals surface area contributed by atoms with Crippen molar-refractivity contribution in [3.8, 4) is 0 Å². The van der Waals surface area contributed by atoms with Gasteiger partial charge in [-0.15, -0.1) is 0 Å². The van der Waals surface area contributed by atoms with E-state index in [2.05, 4.69) is 62.4 Å². The lowest BCUT2D eigenvalue weighted by molar-refractivity contribution is 0.154. The van der Waals surface area contributed by atoms with Gasteiger partial charge in [-0.25, -0.2) is 0 Å². The third-order valence-corrected chi connectivity index (χ3v) is 5.05. The second kappa shape index (κ2) is 6.56. The molecular formula is C16H24BrN3. The van der Waals surface area contributed by atoms with Crippen LogP contribution in [0.5, 0.6) is 0 Å². The number of nitrogens with one attached hydrogen (secondary N) is 1. The lowest BCUT2D eigenvalue weighted by Crippen LogP contribution is -2.46. The number of benzene rings is 1. The molecule has 3 nitrogen and oxygen atoms in total. The molecule has 4 heteroatoms. The second-order valence-corrected chi connectivity index (χ2v) is 7.01. The van der Waals surface area contributed by atoms with E-state index in [1.165, 1.54) is 49.2 Å². The Morgan fingerprint density at radius 3 is 2.55 bits per heavy atom. The Morgan fingerprint density at radius 1 is 1.15 bits per heavy atom. The van der Waals surface area contributed by atoms with Crippen LogP contribution >= 0.6 is 15.9 Å². The van der Waals surface area contributed by atoms with Crippen molar-refractivity contribution in [2.75, 3.05) is 46.3 Å². The normalized spacial score (nSPS) is 27.7. The summed E-state index contributed by atoms with van der Waals surface area (Å²) in [5.41, 5.74) is 1.48. The highest BCUT2D eigenvalue weighted by atomic mass is 79.9. The number of hydrogen-bond donors (Lipinski definition) is 1. The zero-order valence-corrected chi connectivity index (χ0v) is 13.8. The summed E-state index contributed by atoms with van der Waals surface area (Å²) in [5, 5.41) is 3.71. The predicted molar refractivity (Wildman–Crippen MR) is 87.2 cm³/mol. The predicted octanol–water partition coefficient (Wildman–Crippen LogP) is 2.14. The van der Waals surface area contributed by atoms with Crippen LogP contribution in [0.15, 0.2) is 28.7 Å². The first-order valence-corrected chi connectivity index (χ1v) is 8.41. The number of piperazine rings is 1. The maximum atomic E-state index is 3.71. The van der Waals surface area contributed by atoms with Crippen molar-refractivity contribution in [2.24, 2.45) is 0 Å². The largest absolute Gasteiger partial charge is 0.312 e. The number of halogens is 1. The van der Waals surface area contributed by atoms with Gasteiger partial charge in [-0.05, 0) is 31.2 Å². The average Bonchev–Trinajstić information content (AvgIpc) is 3.21. The molecule has 1 heterocycles. The molecule has 0 spiro atoms. The van der Waals surface area contributed by atoms with Crippen LogP contribution in [0.2, 0.25) is 0 Å². The number of nitrogens with zero attached hydrogens (tertiary/aromatic N) is 2. The molecule has 1 saturated heterocycles. The van der Waals surface area contributed by atoms with E-state index in [1.54, 1.807) is 0 Å². The van der Waals surface area contributed by atoms with Gasteiger partial charge in [0.15, 0.2) is 0 Å². The van der Waals surface area contributed by atoms with Crippen LogP contribution < -0.4 is 5.32 Å². The van der Waals surface area contributed by atoms with Gasteiger partial charge in [-0.3, -0.25) is 4.90 Å². The zero-order chi connectivity index (χ0) is 13.9. The maximum absolute atomic E-state index is 3.71. The van der Waals surface area contributed by atoms with Gasteiger partial charge < -0.3 is 10.2 Å². The van der Waals surface area contributed by atoms with Gasteiger partial charge in [-0.2, -0.15) is 0 Å². The molecule has 2 aliphatic rings. The van der Waals surface area contributed by atoms with Crippen molar-refractivity contribution in [2.45, 2.75) is 18.4 Å². The van der Waals surface area contributed by atoms with Gasteiger partial charge >= 0.3 is 0 Å². The Morgan fingerprint density at radius 2 is 1.85 bits per heavy atom. The first kappa shape index (κ1) is 14.5. The Kier molecular flexibility index (Phi) is 4.76. The molecule has 20 heavy (non-hydrogen) atoms. The molecule has 1 aromatic carbocycles.